The molecule has 5 nitrogen and oxygen atoms in total. The lowest BCUT2D eigenvalue weighted by Crippen LogP contribution is -2.25. The highest BCUT2D eigenvalue weighted by atomic mass is 32.1. The Labute approximate surface area is 132 Å². The van der Waals surface area contributed by atoms with Crippen molar-refractivity contribution in [3.8, 4) is 0 Å². The Morgan fingerprint density at radius 1 is 1.27 bits per heavy atom. The summed E-state index contributed by atoms with van der Waals surface area (Å²) in [6, 6.07) is 9.61. The summed E-state index contributed by atoms with van der Waals surface area (Å²) in [4.78, 5) is 29.0. The number of anilines is 1. The molecule has 1 aromatic carbocycles. The molecule has 114 valence electrons. The minimum atomic E-state index is -0.130. The highest BCUT2D eigenvalue weighted by Crippen LogP contribution is 2.23. The second-order valence-corrected chi connectivity index (χ2v) is 6.44. The second kappa shape index (κ2) is 6.27. The largest absolute Gasteiger partial charge is 0.349 e. The molecule has 1 aromatic heterocycles. The maximum Gasteiger partial charge on any atom is 0.263 e. The lowest BCUT2D eigenvalue weighted by molar-refractivity contribution is -0.115. The molecule has 0 atom stereocenters. The van der Waals surface area contributed by atoms with Crippen LogP contribution in [-0.2, 0) is 11.2 Å². The number of thiazole rings is 1. The van der Waals surface area contributed by atoms with Crippen molar-refractivity contribution in [2.75, 3.05) is 5.32 Å². The molecule has 1 saturated carbocycles. The zero-order valence-corrected chi connectivity index (χ0v) is 13.1. The van der Waals surface area contributed by atoms with Gasteiger partial charge in [0.05, 0.1) is 12.1 Å². The Morgan fingerprint density at radius 2 is 2.00 bits per heavy atom. The molecule has 0 spiro atoms. The van der Waals surface area contributed by atoms with Crippen LogP contribution in [-0.4, -0.2) is 22.8 Å². The van der Waals surface area contributed by atoms with E-state index in [0.29, 0.717) is 21.6 Å². The molecule has 6 heteroatoms. The molecular weight excluding hydrogens is 298 g/mol. The molecule has 22 heavy (non-hydrogen) atoms. The summed E-state index contributed by atoms with van der Waals surface area (Å²) in [6.07, 6.45) is 2.28. The fraction of sp³-hybridized carbons (Fsp3) is 0.312. The number of hydrogen-bond donors (Lipinski definition) is 2. The molecule has 3 rings (SSSR count). The van der Waals surface area contributed by atoms with E-state index in [-0.39, 0.29) is 18.2 Å². The van der Waals surface area contributed by atoms with Crippen LogP contribution in [0.15, 0.2) is 30.3 Å². The van der Waals surface area contributed by atoms with E-state index in [2.05, 4.69) is 15.6 Å². The van der Waals surface area contributed by atoms with Crippen LogP contribution < -0.4 is 10.6 Å². The van der Waals surface area contributed by atoms with Crippen LogP contribution >= 0.6 is 11.3 Å². The first-order valence-electron chi connectivity index (χ1n) is 7.24. The van der Waals surface area contributed by atoms with E-state index in [4.69, 9.17) is 0 Å². The third-order valence-corrected chi connectivity index (χ3v) is 4.49. The third-order valence-electron chi connectivity index (χ3n) is 3.33. The molecular formula is C16H17N3O2S. The summed E-state index contributed by atoms with van der Waals surface area (Å²) < 4.78 is 0. The lowest BCUT2D eigenvalue weighted by atomic mass is 10.3. The standard InChI is InChI=1S/C16H17N3O2S/c1-10-15(16(21)19-12-7-8-12)22-14(17-10)9-13(20)18-11-5-3-2-4-6-11/h2-6,12H,7-9H2,1H3,(H,18,20)(H,19,21). The average Bonchev–Trinajstić information content (AvgIpc) is 3.22. The van der Waals surface area contributed by atoms with Crippen LogP contribution in [0.2, 0.25) is 0 Å². The Morgan fingerprint density at radius 3 is 2.68 bits per heavy atom. The zero-order chi connectivity index (χ0) is 15.5. The van der Waals surface area contributed by atoms with Crippen molar-refractivity contribution in [2.24, 2.45) is 0 Å². The first-order valence-corrected chi connectivity index (χ1v) is 8.05. The quantitative estimate of drug-likeness (QED) is 0.890. The summed E-state index contributed by atoms with van der Waals surface area (Å²) in [5.74, 6) is -0.207. The average molecular weight is 315 g/mol. The van der Waals surface area contributed by atoms with Crippen LogP contribution in [0.5, 0.6) is 0 Å². The van der Waals surface area contributed by atoms with Crippen molar-refractivity contribution in [3.05, 3.63) is 45.9 Å². The molecule has 0 unspecified atom stereocenters. The van der Waals surface area contributed by atoms with Gasteiger partial charge in [0.15, 0.2) is 0 Å². The van der Waals surface area contributed by atoms with Crippen LogP contribution in [0.3, 0.4) is 0 Å². The van der Waals surface area contributed by atoms with Gasteiger partial charge in [-0.25, -0.2) is 4.98 Å². The molecule has 2 aromatic rings. The highest BCUT2D eigenvalue weighted by Gasteiger charge is 2.26. The Bertz CT molecular complexity index is 693. The molecule has 1 fully saturated rings. The van der Waals surface area contributed by atoms with Gasteiger partial charge < -0.3 is 10.6 Å². The fourth-order valence-electron chi connectivity index (χ4n) is 2.08. The van der Waals surface area contributed by atoms with E-state index in [1.165, 1.54) is 11.3 Å². The monoisotopic (exact) mass is 315 g/mol. The van der Waals surface area contributed by atoms with Crippen LogP contribution in [0.25, 0.3) is 0 Å². The van der Waals surface area contributed by atoms with E-state index in [9.17, 15) is 9.59 Å². The smallest absolute Gasteiger partial charge is 0.263 e. The number of hydrogen-bond acceptors (Lipinski definition) is 4. The minimum Gasteiger partial charge on any atom is -0.349 e. The summed E-state index contributed by atoms with van der Waals surface area (Å²) in [5.41, 5.74) is 1.44. The van der Waals surface area contributed by atoms with Crippen LogP contribution in [0.4, 0.5) is 5.69 Å². The Balaban J connectivity index is 1.62. The maximum atomic E-state index is 12.1. The number of carbonyl (C=O) groups is 2. The number of amides is 2. The topological polar surface area (TPSA) is 71.1 Å². The van der Waals surface area contributed by atoms with Gasteiger partial charge in [-0.2, -0.15) is 0 Å². The molecule has 1 aliphatic rings. The maximum absolute atomic E-state index is 12.1. The predicted octanol–water partition coefficient (Wildman–Crippen LogP) is 2.52. The van der Waals surface area contributed by atoms with Gasteiger partial charge in [0.25, 0.3) is 5.91 Å². The number of aromatic nitrogens is 1. The Kier molecular flexibility index (Phi) is 4.20. The lowest BCUT2D eigenvalue weighted by Gasteiger charge is -2.02. The van der Waals surface area contributed by atoms with Crippen LogP contribution in [0.1, 0.15) is 33.2 Å². The van der Waals surface area contributed by atoms with Gasteiger partial charge in [-0.15, -0.1) is 11.3 Å². The molecule has 1 aliphatic carbocycles. The van der Waals surface area contributed by atoms with Gasteiger partial charge in [0.2, 0.25) is 5.91 Å². The Hall–Kier alpha value is -2.21. The first-order chi connectivity index (χ1) is 10.6. The molecule has 1 heterocycles. The summed E-state index contributed by atoms with van der Waals surface area (Å²) in [6.45, 7) is 1.80. The molecule has 2 N–H and O–H groups in total. The predicted molar refractivity (Wildman–Crippen MR) is 86.1 cm³/mol. The fourth-order valence-corrected chi connectivity index (χ4v) is 3.05. The van der Waals surface area contributed by atoms with Crippen molar-refractivity contribution in [2.45, 2.75) is 32.2 Å². The molecule has 0 aliphatic heterocycles. The van der Waals surface area contributed by atoms with Gasteiger partial charge in [-0.05, 0) is 31.9 Å². The number of carbonyl (C=O) groups excluding carboxylic acids is 2. The van der Waals surface area contributed by atoms with E-state index in [1.54, 1.807) is 6.92 Å². The van der Waals surface area contributed by atoms with Gasteiger partial charge in [-0.3, -0.25) is 9.59 Å². The highest BCUT2D eigenvalue weighted by molar-refractivity contribution is 7.13. The number of nitrogens with one attached hydrogen (secondary N) is 2. The number of para-hydroxylation sites is 1. The van der Waals surface area contributed by atoms with E-state index in [0.717, 1.165) is 18.5 Å². The van der Waals surface area contributed by atoms with E-state index < -0.39 is 0 Å². The van der Waals surface area contributed by atoms with Crippen molar-refractivity contribution in [1.82, 2.24) is 10.3 Å². The molecule has 0 saturated heterocycles. The molecule has 0 bridgehead atoms. The normalized spacial score (nSPS) is 13.7. The first kappa shape index (κ1) is 14.7. The van der Waals surface area contributed by atoms with Crippen molar-refractivity contribution >= 4 is 28.8 Å². The van der Waals surface area contributed by atoms with Crippen LogP contribution in [0, 0.1) is 6.92 Å². The number of aryl methyl sites for hydroxylation is 1. The minimum absolute atomic E-state index is 0.0767. The molecule has 2 amide bonds. The van der Waals surface area contributed by atoms with Crippen molar-refractivity contribution in [1.29, 1.82) is 0 Å². The second-order valence-electron chi connectivity index (χ2n) is 5.36. The van der Waals surface area contributed by atoms with Gasteiger partial charge in [0, 0.05) is 11.7 Å². The summed E-state index contributed by atoms with van der Waals surface area (Å²) in [7, 11) is 0. The number of benzene rings is 1. The zero-order valence-electron chi connectivity index (χ0n) is 12.3. The summed E-state index contributed by atoms with van der Waals surface area (Å²) >= 11 is 1.29. The SMILES string of the molecule is Cc1nc(CC(=O)Nc2ccccc2)sc1C(=O)NC1CC1. The van der Waals surface area contributed by atoms with E-state index >= 15 is 0 Å². The van der Waals surface area contributed by atoms with Crippen molar-refractivity contribution < 1.29 is 9.59 Å². The summed E-state index contributed by atoms with van der Waals surface area (Å²) in [5, 5.41) is 6.43. The third kappa shape index (κ3) is 3.71. The van der Waals surface area contributed by atoms with Gasteiger partial charge in [-0.1, -0.05) is 18.2 Å². The number of rotatable bonds is 5. The van der Waals surface area contributed by atoms with E-state index in [1.807, 2.05) is 30.3 Å². The van der Waals surface area contributed by atoms with Gasteiger partial charge in [0.1, 0.15) is 9.88 Å². The van der Waals surface area contributed by atoms with Crippen molar-refractivity contribution in [3.63, 3.8) is 0 Å². The number of nitrogens with zero attached hydrogens (tertiary/aromatic N) is 1. The van der Waals surface area contributed by atoms with Gasteiger partial charge >= 0.3 is 0 Å². The molecule has 0 radical (unpaired) electrons.